The lowest BCUT2D eigenvalue weighted by atomic mass is 10.1. The van der Waals surface area contributed by atoms with E-state index in [4.69, 9.17) is 0 Å². The molecule has 8 heteroatoms. The van der Waals surface area contributed by atoms with E-state index in [0.717, 1.165) is 21.4 Å². The predicted molar refractivity (Wildman–Crippen MR) is 125 cm³/mol. The molecular formula is C23H22BrN5O2. The second kappa shape index (κ2) is 11.0. The van der Waals surface area contributed by atoms with Crippen molar-refractivity contribution in [2.24, 2.45) is 4.99 Å². The maximum atomic E-state index is 12.8. The summed E-state index contributed by atoms with van der Waals surface area (Å²) in [5.41, 5.74) is 2.96. The number of hydrogen-bond donors (Lipinski definition) is 3. The monoisotopic (exact) mass is 479 g/mol. The minimum Gasteiger partial charge on any atom is -0.352 e. The van der Waals surface area contributed by atoms with Crippen LogP contribution in [0, 0.1) is 0 Å². The Balaban J connectivity index is 1.72. The zero-order chi connectivity index (χ0) is 22.1. The van der Waals surface area contributed by atoms with Crippen LogP contribution < -0.4 is 16.0 Å². The maximum Gasteiger partial charge on any atom is 0.257 e. The second-order valence-corrected chi connectivity index (χ2v) is 7.59. The molecule has 158 valence electrons. The summed E-state index contributed by atoms with van der Waals surface area (Å²) in [7, 11) is 0. The number of hydrogen-bond acceptors (Lipinski definition) is 4. The largest absolute Gasteiger partial charge is 0.352 e. The molecule has 0 atom stereocenters. The number of pyridine rings is 1. The van der Waals surface area contributed by atoms with Crippen molar-refractivity contribution >= 4 is 39.4 Å². The quantitative estimate of drug-likeness (QED) is 0.369. The fourth-order valence-corrected chi connectivity index (χ4v) is 2.88. The minimum absolute atomic E-state index is 0.102. The molecule has 0 unspecified atom stereocenters. The van der Waals surface area contributed by atoms with E-state index in [0.29, 0.717) is 24.6 Å². The van der Waals surface area contributed by atoms with Gasteiger partial charge in [-0.05, 0) is 54.1 Å². The molecule has 0 saturated carbocycles. The van der Waals surface area contributed by atoms with Gasteiger partial charge in [0.05, 0.1) is 12.2 Å². The molecule has 0 aliphatic heterocycles. The molecule has 3 aromatic rings. The van der Waals surface area contributed by atoms with Crippen molar-refractivity contribution in [3.8, 4) is 0 Å². The van der Waals surface area contributed by atoms with Crippen molar-refractivity contribution < 1.29 is 9.59 Å². The van der Waals surface area contributed by atoms with Crippen LogP contribution in [0.3, 0.4) is 0 Å². The van der Waals surface area contributed by atoms with Gasteiger partial charge in [0.25, 0.3) is 5.91 Å². The molecule has 0 bridgehead atoms. The van der Waals surface area contributed by atoms with Crippen LogP contribution >= 0.6 is 15.9 Å². The Hall–Kier alpha value is -3.52. The van der Waals surface area contributed by atoms with E-state index in [1.54, 1.807) is 30.5 Å². The number of halogens is 1. The van der Waals surface area contributed by atoms with Crippen LogP contribution in [0.5, 0.6) is 0 Å². The van der Waals surface area contributed by atoms with Gasteiger partial charge in [0.15, 0.2) is 0 Å². The van der Waals surface area contributed by atoms with E-state index in [9.17, 15) is 9.59 Å². The number of carbonyl (C=O) groups excluding carboxylic acids is 2. The first-order valence-electron chi connectivity index (χ1n) is 9.61. The molecular weight excluding hydrogens is 458 g/mol. The normalized spacial score (nSPS) is 11.0. The van der Waals surface area contributed by atoms with Crippen LogP contribution in [0.25, 0.3) is 0 Å². The number of carbonyl (C=O) groups is 2. The molecule has 0 aliphatic carbocycles. The lowest BCUT2D eigenvalue weighted by molar-refractivity contribution is -0.119. The average Bonchev–Trinajstić information content (AvgIpc) is 2.78. The zero-order valence-corrected chi connectivity index (χ0v) is 18.5. The van der Waals surface area contributed by atoms with Crippen LogP contribution in [0.15, 0.2) is 82.4 Å². The number of rotatable bonds is 6. The molecule has 2 amide bonds. The van der Waals surface area contributed by atoms with Crippen LogP contribution in [0.2, 0.25) is 0 Å². The molecule has 0 radical (unpaired) electrons. The Labute approximate surface area is 189 Å². The number of amides is 2. The Morgan fingerprint density at radius 1 is 1.00 bits per heavy atom. The van der Waals surface area contributed by atoms with Crippen LogP contribution in [0.1, 0.15) is 28.5 Å². The first-order chi connectivity index (χ1) is 15.0. The lowest BCUT2D eigenvalue weighted by Crippen LogP contribution is -2.36. The molecule has 1 heterocycles. The van der Waals surface area contributed by atoms with E-state index >= 15 is 0 Å². The molecule has 0 fully saturated rings. The highest BCUT2D eigenvalue weighted by molar-refractivity contribution is 9.10. The van der Waals surface area contributed by atoms with Crippen molar-refractivity contribution in [1.82, 2.24) is 15.6 Å². The third kappa shape index (κ3) is 7.35. The highest BCUT2D eigenvalue weighted by Gasteiger charge is 2.10. The van der Waals surface area contributed by atoms with Gasteiger partial charge >= 0.3 is 0 Å². The topological polar surface area (TPSA) is 95.5 Å². The van der Waals surface area contributed by atoms with Gasteiger partial charge in [0.2, 0.25) is 11.9 Å². The minimum atomic E-state index is -0.296. The van der Waals surface area contributed by atoms with Gasteiger partial charge in [0, 0.05) is 35.4 Å². The second-order valence-electron chi connectivity index (χ2n) is 6.68. The smallest absolute Gasteiger partial charge is 0.257 e. The Bertz CT molecular complexity index is 1050. The van der Waals surface area contributed by atoms with Gasteiger partial charge in [-0.3, -0.25) is 19.9 Å². The lowest BCUT2D eigenvalue weighted by Gasteiger charge is -2.12. The summed E-state index contributed by atoms with van der Waals surface area (Å²) in [4.78, 5) is 32.6. The molecule has 31 heavy (non-hydrogen) atoms. The van der Waals surface area contributed by atoms with Gasteiger partial charge < -0.3 is 10.6 Å². The van der Waals surface area contributed by atoms with E-state index in [2.05, 4.69) is 41.9 Å². The van der Waals surface area contributed by atoms with Gasteiger partial charge in [-0.15, -0.1) is 0 Å². The molecule has 3 N–H and O–H groups in total. The summed E-state index contributed by atoms with van der Waals surface area (Å²) in [6, 6.07) is 20.2. The molecule has 1 aromatic heterocycles. The number of nitrogens with zero attached hydrogens (tertiary/aromatic N) is 2. The number of guanidine groups is 1. The molecule has 3 rings (SSSR count). The highest BCUT2D eigenvalue weighted by Crippen LogP contribution is 2.14. The third-order valence-electron chi connectivity index (χ3n) is 4.22. The Kier molecular flexibility index (Phi) is 7.89. The number of benzene rings is 2. The summed E-state index contributed by atoms with van der Waals surface area (Å²) in [6.07, 6.45) is 1.70. The summed E-state index contributed by atoms with van der Waals surface area (Å²) in [5.74, 6) is -0.0784. The molecule has 0 spiro atoms. The zero-order valence-electron chi connectivity index (χ0n) is 16.9. The summed E-state index contributed by atoms with van der Waals surface area (Å²) >= 11 is 3.41. The third-order valence-corrected chi connectivity index (χ3v) is 4.75. The van der Waals surface area contributed by atoms with Crippen molar-refractivity contribution in [2.45, 2.75) is 20.0 Å². The van der Waals surface area contributed by atoms with Crippen LogP contribution in [0.4, 0.5) is 5.69 Å². The summed E-state index contributed by atoms with van der Waals surface area (Å²) in [6.45, 7) is 2.20. The van der Waals surface area contributed by atoms with E-state index in [-0.39, 0.29) is 11.8 Å². The van der Waals surface area contributed by atoms with Gasteiger partial charge in [-0.25, -0.2) is 4.99 Å². The Morgan fingerprint density at radius 2 is 1.74 bits per heavy atom. The van der Waals surface area contributed by atoms with Crippen molar-refractivity contribution in [3.05, 3.63) is 94.2 Å². The van der Waals surface area contributed by atoms with Gasteiger partial charge in [-0.1, -0.05) is 34.1 Å². The maximum absolute atomic E-state index is 12.8. The number of anilines is 1. The first kappa shape index (κ1) is 22.2. The van der Waals surface area contributed by atoms with E-state index in [1.807, 2.05) is 42.5 Å². The van der Waals surface area contributed by atoms with Crippen molar-refractivity contribution in [1.29, 1.82) is 0 Å². The average molecular weight is 480 g/mol. The van der Waals surface area contributed by atoms with E-state index < -0.39 is 0 Å². The molecule has 2 aromatic carbocycles. The Morgan fingerprint density at radius 3 is 2.39 bits per heavy atom. The fraction of sp³-hybridized carbons (Fsp3) is 0.130. The summed E-state index contributed by atoms with van der Waals surface area (Å²) < 4.78 is 0.952. The number of nitrogens with one attached hydrogen (secondary N) is 3. The molecule has 0 aliphatic rings. The number of aromatic nitrogens is 1. The van der Waals surface area contributed by atoms with Crippen LogP contribution in [-0.2, 0) is 17.9 Å². The van der Waals surface area contributed by atoms with Gasteiger partial charge in [0.1, 0.15) is 0 Å². The number of aliphatic imine (C=N–C) groups is 1. The van der Waals surface area contributed by atoms with Gasteiger partial charge in [-0.2, -0.15) is 0 Å². The SMILES string of the molecule is CC(=O)NCc1ccc(C(=O)NC(=NCc2ccccn2)Nc2ccc(Br)cc2)cc1. The standard InChI is InChI=1S/C23H22BrN5O2/c1-16(30)26-14-17-5-7-18(8-6-17)22(31)29-23(27-15-21-4-2-3-13-25-21)28-20-11-9-19(24)10-12-20/h2-13H,14-15H2,1H3,(H,26,30)(H2,27,28,29,31). The predicted octanol–water partition coefficient (Wildman–Crippen LogP) is 3.88. The molecule has 0 saturated heterocycles. The van der Waals surface area contributed by atoms with E-state index in [1.165, 1.54) is 6.92 Å². The fourth-order valence-electron chi connectivity index (χ4n) is 2.61. The highest BCUT2D eigenvalue weighted by atomic mass is 79.9. The van der Waals surface area contributed by atoms with Crippen LogP contribution in [-0.4, -0.2) is 22.8 Å². The van der Waals surface area contributed by atoms with Crippen molar-refractivity contribution in [2.75, 3.05) is 5.32 Å². The molecule has 7 nitrogen and oxygen atoms in total. The first-order valence-corrected chi connectivity index (χ1v) is 10.4. The summed E-state index contributed by atoms with van der Waals surface area (Å²) in [5, 5.41) is 8.70. The van der Waals surface area contributed by atoms with Crippen molar-refractivity contribution in [3.63, 3.8) is 0 Å².